The Labute approximate surface area is 112 Å². The van der Waals surface area contributed by atoms with E-state index in [0.29, 0.717) is 6.04 Å². The van der Waals surface area contributed by atoms with Crippen LogP contribution in [0.2, 0.25) is 0 Å². The summed E-state index contributed by atoms with van der Waals surface area (Å²) in [5.74, 6) is 2.75. The highest BCUT2D eigenvalue weighted by Crippen LogP contribution is 2.26. The van der Waals surface area contributed by atoms with Gasteiger partial charge in [0.1, 0.15) is 0 Å². The normalized spacial score (nSPS) is 12.2. The Bertz CT molecular complexity index is 403. The van der Waals surface area contributed by atoms with Gasteiger partial charge in [0.25, 0.3) is 0 Å². The van der Waals surface area contributed by atoms with Crippen molar-refractivity contribution in [2.75, 3.05) is 6.54 Å². The van der Waals surface area contributed by atoms with Gasteiger partial charge in [-0.3, -0.25) is 0 Å². The van der Waals surface area contributed by atoms with Crippen molar-refractivity contribution in [3.05, 3.63) is 34.4 Å². The molecule has 0 radical (unpaired) electrons. The molecule has 0 aromatic heterocycles. The molecule has 0 saturated heterocycles. The molecule has 1 nitrogen and oxygen atoms in total. The van der Waals surface area contributed by atoms with Gasteiger partial charge in [0.15, 0.2) is 0 Å². The van der Waals surface area contributed by atoms with Gasteiger partial charge in [-0.2, -0.15) is 0 Å². The number of aryl methyl sites for hydroxylation is 3. The molecule has 98 valence electrons. The van der Waals surface area contributed by atoms with Gasteiger partial charge < -0.3 is 5.32 Å². The van der Waals surface area contributed by atoms with Crippen LogP contribution in [-0.2, 0) is 0 Å². The zero-order valence-electron chi connectivity index (χ0n) is 12.1. The van der Waals surface area contributed by atoms with E-state index in [4.69, 9.17) is 6.42 Å². The molecule has 0 bridgehead atoms. The molecule has 1 aromatic rings. The van der Waals surface area contributed by atoms with Crippen molar-refractivity contribution in [2.24, 2.45) is 0 Å². The third-order valence-corrected chi connectivity index (χ3v) is 3.30. The minimum absolute atomic E-state index is 0.390. The molecule has 0 spiro atoms. The van der Waals surface area contributed by atoms with E-state index < -0.39 is 0 Å². The van der Waals surface area contributed by atoms with Crippen molar-refractivity contribution in [3.8, 4) is 12.3 Å². The summed E-state index contributed by atoms with van der Waals surface area (Å²) in [6.07, 6.45) is 8.40. The Kier molecular flexibility index (Phi) is 5.95. The SMILES string of the molecule is C#CCCC(NCCC)c1c(C)cc(C)cc1C. The Balaban J connectivity index is 3.00. The highest BCUT2D eigenvalue weighted by Gasteiger charge is 2.15. The minimum Gasteiger partial charge on any atom is -0.310 e. The predicted molar refractivity (Wildman–Crippen MR) is 79.8 cm³/mol. The first-order chi connectivity index (χ1) is 8.60. The summed E-state index contributed by atoms with van der Waals surface area (Å²) < 4.78 is 0. The highest BCUT2D eigenvalue weighted by molar-refractivity contribution is 5.39. The van der Waals surface area contributed by atoms with E-state index in [-0.39, 0.29) is 0 Å². The first-order valence-electron chi connectivity index (χ1n) is 6.84. The first kappa shape index (κ1) is 14.8. The molecule has 1 atom stereocenters. The monoisotopic (exact) mass is 243 g/mol. The Hall–Kier alpha value is -1.26. The number of terminal acetylenes is 1. The van der Waals surface area contributed by atoms with Crippen LogP contribution in [0, 0.1) is 33.1 Å². The molecule has 1 N–H and O–H groups in total. The number of benzene rings is 1. The van der Waals surface area contributed by atoms with E-state index >= 15 is 0 Å². The molecule has 18 heavy (non-hydrogen) atoms. The van der Waals surface area contributed by atoms with Gasteiger partial charge in [-0.05, 0) is 56.8 Å². The third-order valence-electron chi connectivity index (χ3n) is 3.30. The van der Waals surface area contributed by atoms with Crippen molar-refractivity contribution in [1.82, 2.24) is 5.32 Å². The zero-order chi connectivity index (χ0) is 13.5. The lowest BCUT2D eigenvalue weighted by atomic mass is 9.91. The van der Waals surface area contributed by atoms with Crippen molar-refractivity contribution >= 4 is 0 Å². The number of nitrogens with one attached hydrogen (secondary N) is 1. The predicted octanol–water partition coefficient (Wildman–Crippen LogP) is 4.07. The average Bonchev–Trinajstić information content (AvgIpc) is 2.30. The van der Waals surface area contributed by atoms with Gasteiger partial charge in [-0.15, -0.1) is 12.3 Å². The van der Waals surface area contributed by atoms with Crippen LogP contribution in [0.15, 0.2) is 12.1 Å². The van der Waals surface area contributed by atoms with Crippen LogP contribution in [0.5, 0.6) is 0 Å². The molecule has 0 fully saturated rings. The molecule has 0 amide bonds. The van der Waals surface area contributed by atoms with Crippen LogP contribution >= 0.6 is 0 Å². The van der Waals surface area contributed by atoms with Crippen LogP contribution in [0.3, 0.4) is 0 Å². The Morgan fingerprint density at radius 3 is 2.33 bits per heavy atom. The second kappa shape index (κ2) is 7.24. The fourth-order valence-corrected chi connectivity index (χ4v) is 2.64. The Morgan fingerprint density at radius 1 is 1.22 bits per heavy atom. The molecule has 0 heterocycles. The van der Waals surface area contributed by atoms with E-state index in [0.717, 1.165) is 25.8 Å². The molecule has 0 aliphatic heterocycles. The average molecular weight is 243 g/mol. The maximum Gasteiger partial charge on any atom is 0.0334 e. The van der Waals surface area contributed by atoms with Crippen LogP contribution in [0.1, 0.15) is 54.5 Å². The molecule has 0 aliphatic carbocycles. The standard InChI is InChI=1S/C17H25N/c1-6-8-9-16(18-10-7-2)17-14(4)11-13(3)12-15(17)5/h1,11-12,16,18H,7-10H2,2-5H3. The summed E-state index contributed by atoms with van der Waals surface area (Å²) in [6.45, 7) is 9.79. The van der Waals surface area contributed by atoms with Crippen LogP contribution < -0.4 is 5.32 Å². The number of hydrogen-bond donors (Lipinski definition) is 1. The molecule has 1 rings (SSSR count). The van der Waals surface area contributed by atoms with Gasteiger partial charge in [0, 0.05) is 12.5 Å². The van der Waals surface area contributed by atoms with Crippen molar-refractivity contribution in [3.63, 3.8) is 0 Å². The lowest BCUT2D eigenvalue weighted by Gasteiger charge is -2.23. The van der Waals surface area contributed by atoms with Gasteiger partial charge in [-0.1, -0.05) is 24.6 Å². The maximum absolute atomic E-state index is 5.41. The van der Waals surface area contributed by atoms with E-state index in [1.54, 1.807) is 0 Å². The Morgan fingerprint density at radius 2 is 1.83 bits per heavy atom. The summed E-state index contributed by atoms with van der Waals surface area (Å²) >= 11 is 0. The van der Waals surface area contributed by atoms with Gasteiger partial charge in [0.2, 0.25) is 0 Å². The second-order valence-electron chi connectivity index (χ2n) is 5.06. The molecular weight excluding hydrogens is 218 g/mol. The summed E-state index contributed by atoms with van der Waals surface area (Å²) in [6, 6.07) is 4.92. The largest absolute Gasteiger partial charge is 0.310 e. The molecule has 0 aliphatic rings. The lowest BCUT2D eigenvalue weighted by molar-refractivity contribution is 0.501. The molecule has 1 unspecified atom stereocenters. The van der Waals surface area contributed by atoms with Gasteiger partial charge in [-0.25, -0.2) is 0 Å². The van der Waals surface area contributed by atoms with Crippen molar-refractivity contribution in [1.29, 1.82) is 0 Å². The summed E-state index contributed by atoms with van der Waals surface area (Å²) in [7, 11) is 0. The smallest absolute Gasteiger partial charge is 0.0334 e. The minimum atomic E-state index is 0.390. The van der Waals surface area contributed by atoms with E-state index in [2.05, 4.69) is 51.1 Å². The van der Waals surface area contributed by atoms with Crippen molar-refractivity contribution in [2.45, 2.75) is 53.0 Å². The summed E-state index contributed by atoms with van der Waals surface area (Å²) in [5, 5.41) is 3.63. The van der Waals surface area contributed by atoms with E-state index in [1.807, 2.05) is 0 Å². The first-order valence-corrected chi connectivity index (χ1v) is 6.84. The molecule has 1 heteroatoms. The lowest BCUT2D eigenvalue weighted by Crippen LogP contribution is -2.23. The fraction of sp³-hybridized carbons (Fsp3) is 0.529. The summed E-state index contributed by atoms with van der Waals surface area (Å²) in [5.41, 5.74) is 5.51. The topological polar surface area (TPSA) is 12.0 Å². The van der Waals surface area contributed by atoms with Crippen molar-refractivity contribution < 1.29 is 0 Å². The van der Waals surface area contributed by atoms with Crippen LogP contribution in [-0.4, -0.2) is 6.54 Å². The van der Waals surface area contributed by atoms with Gasteiger partial charge in [0.05, 0.1) is 0 Å². The summed E-state index contributed by atoms with van der Waals surface area (Å²) in [4.78, 5) is 0. The molecule has 0 saturated carbocycles. The van der Waals surface area contributed by atoms with E-state index in [9.17, 15) is 0 Å². The number of hydrogen-bond acceptors (Lipinski definition) is 1. The van der Waals surface area contributed by atoms with Crippen LogP contribution in [0.4, 0.5) is 0 Å². The maximum atomic E-state index is 5.41. The molecular formula is C17H25N. The second-order valence-corrected chi connectivity index (χ2v) is 5.06. The van der Waals surface area contributed by atoms with Gasteiger partial charge >= 0.3 is 0 Å². The van der Waals surface area contributed by atoms with Crippen LogP contribution in [0.25, 0.3) is 0 Å². The number of rotatable bonds is 6. The fourth-order valence-electron chi connectivity index (χ4n) is 2.64. The third kappa shape index (κ3) is 3.89. The van der Waals surface area contributed by atoms with E-state index in [1.165, 1.54) is 22.3 Å². The molecule has 1 aromatic carbocycles. The quantitative estimate of drug-likeness (QED) is 0.743. The zero-order valence-corrected chi connectivity index (χ0v) is 12.1. The highest BCUT2D eigenvalue weighted by atomic mass is 14.9.